The Hall–Kier alpha value is -4.43. The number of ketones is 2. The summed E-state index contributed by atoms with van der Waals surface area (Å²) in [6.45, 7) is 0.0704. The third-order valence-corrected chi connectivity index (χ3v) is 7.91. The van der Waals surface area contributed by atoms with Gasteiger partial charge in [0.05, 0.1) is 53.1 Å². The molecule has 0 aliphatic rings. The lowest BCUT2D eigenvalue weighted by Crippen LogP contribution is -2.23. The minimum Gasteiger partial charge on any atom is -0.496 e. The van der Waals surface area contributed by atoms with E-state index in [-0.39, 0.29) is 59.3 Å². The van der Waals surface area contributed by atoms with E-state index in [1.807, 2.05) is 0 Å². The summed E-state index contributed by atoms with van der Waals surface area (Å²) in [5.41, 5.74) is 1.80. The van der Waals surface area contributed by atoms with Gasteiger partial charge in [0.2, 0.25) is 0 Å². The molecule has 0 atom stereocenters. The van der Waals surface area contributed by atoms with E-state index in [1.165, 1.54) is 14.2 Å². The first-order valence-electron chi connectivity index (χ1n) is 11.8. The highest BCUT2D eigenvalue weighted by atomic mass is 32.1. The number of hydrogen-bond acceptors (Lipinski definition) is 11. The number of fused-ring (bicyclic) bond motifs is 2. The summed E-state index contributed by atoms with van der Waals surface area (Å²) >= 11 is 2.20. The maximum atomic E-state index is 13.2. The second kappa shape index (κ2) is 12.2. The lowest BCUT2D eigenvalue weighted by Gasteiger charge is -2.12. The standard InChI is InChI=1S/C26H23N3O9S2/c1-37-18-9-14-20(39-25(28-14)16(30)3-5-22(32)33)7-12(18)11-27-24(36)13-8-21-15(10-19(13)38-2)29-26(40-21)17(31)4-6-23(34)35/h7-10H,3-6,11H2,1-2H3,(H,27,36)(H,32,33)(H,34,35). The lowest BCUT2D eigenvalue weighted by molar-refractivity contribution is -0.137. The van der Waals surface area contributed by atoms with Gasteiger partial charge in [-0.15, -0.1) is 22.7 Å². The van der Waals surface area contributed by atoms with Crippen LogP contribution < -0.4 is 14.8 Å². The molecule has 0 bridgehead atoms. The Morgan fingerprint density at radius 3 is 1.75 bits per heavy atom. The van der Waals surface area contributed by atoms with Gasteiger partial charge in [-0.25, -0.2) is 9.97 Å². The van der Waals surface area contributed by atoms with Crippen LogP contribution >= 0.6 is 22.7 Å². The quantitative estimate of drug-likeness (QED) is 0.193. The van der Waals surface area contributed by atoms with Crippen LogP contribution in [0.4, 0.5) is 0 Å². The summed E-state index contributed by atoms with van der Waals surface area (Å²) in [4.78, 5) is 67.9. The van der Waals surface area contributed by atoms with Crippen molar-refractivity contribution >= 4 is 72.5 Å². The molecule has 2 heterocycles. The zero-order valence-electron chi connectivity index (χ0n) is 21.3. The molecule has 0 radical (unpaired) electrons. The Bertz CT molecular complexity index is 1660. The Morgan fingerprint density at radius 2 is 1.25 bits per heavy atom. The number of carboxylic acids is 2. The number of aromatic nitrogens is 2. The number of rotatable bonds is 13. The van der Waals surface area contributed by atoms with Crippen LogP contribution in [0.2, 0.25) is 0 Å². The summed E-state index contributed by atoms with van der Waals surface area (Å²) in [7, 11) is 2.87. The second-order valence-electron chi connectivity index (χ2n) is 8.51. The van der Waals surface area contributed by atoms with Crippen LogP contribution in [0.25, 0.3) is 20.4 Å². The molecule has 0 spiro atoms. The number of methoxy groups -OCH3 is 2. The maximum absolute atomic E-state index is 13.2. The van der Waals surface area contributed by atoms with Gasteiger partial charge in [0, 0.05) is 37.1 Å². The molecule has 0 unspecified atom stereocenters. The Kier molecular flexibility index (Phi) is 8.70. The molecule has 1 amide bonds. The summed E-state index contributed by atoms with van der Waals surface area (Å²) < 4.78 is 12.1. The number of carbonyl (C=O) groups is 5. The summed E-state index contributed by atoms with van der Waals surface area (Å²) in [6.07, 6.45) is -0.915. The van der Waals surface area contributed by atoms with Gasteiger partial charge in [0.15, 0.2) is 21.6 Å². The fraction of sp³-hybridized carbons (Fsp3) is 0.269. The molecule has 4 aromatic rings. The monoisotopic (exact) mass is 585 g/mol. The molecule has 40 heavy (non-hydrogen) atoms. The van der Waals surface area contributed by atoms with Gasteiger partial charge in [-0.05, 0) is 12.1 Å². The minimum absolute atomic E-state index is 0.0704. The number of nitrogens with zero attached hydrogens (tertiary/aromatic N) is 2. The van der Waals surface area contributed by atoms with Gasteiger partial charge >= 0.3 is 11.9 Å². The number of amides is 1. The SMILES string of the molecule is COc1cc2nc(C(=O)CCC(=O)O)sc2cc1CNC(=O)c1cc2sc(C(=O)CCC(=O)O)nc2cc1OC. The number of Topliss-reactive ketones (excluding diaryl/α,β-unsaturated/α-hetero) is 2. The van der Waals surface area contributed by atoms with Gasteiger partial charge in [0.25, 0.3) is 5.91 Å². The van der Waals surface area contributed by atoms with Crippen LogP contribution in [0.15, 0.2) is 24.3 Å². The molecule has 0 aliphatic heterocycles. The van der Waals surface area contributed by atoms with Crippen molar-refractivity contribution in [1.82, 2.24) is 15.3 Å². The number of benzene rings is 2. The van der Waals surface area contributed by atoms with Crippen molar-refractivity contribution in [3.05, 3.63) is 45.4 Å². The zero-order valence-corrected chi connectivity index (χ0v) is 22.9. The number of aliphatic carboxylic acids is 2. The van der Waals surface area contributed by atoms with E-state index >= 15 is 0 Å². The molecule has 0 aliphatic carbocycles. The smallest absolute Gasteiger partial charge is 0.303 e. The fourth-order valence-corrected chi connectivity index (χ4v) is 5.72. The zero-order chi connectivity index (χ0) is 29.0. The Balaban J connectivity index is 1.54. The topological polar surface area (TPSA) is 182 Å². The molecule has 12 nitrogen and oxygen atoms in total. The molecule has 0 saturated carbocycles. The third kappa shape index (κ3) is 6.40. The largest absolute Gasteiger partial charge is 0.496 e. The van der Waals surface area contributed by atoms with Crippen molar-refractivity contribution in [2.75, 3.05) is 14.2 Å². The highest BCUT2D eigenvalue weighted by Gasteiger charge is 2.20. The van der Waals surface area contributed by atoms with Crippen molar-refractivity contribution in [1.29, 1.82) is 0 Å². The van der Waals surface area contributed by atoms with E-state index in [2.05, 4.69) is 15.3 Å². The molecule has 0 saturated heterocycles. The van der Waals surface area contributed by atoms with Crippen LogP contribution in [-0.4, -0.2) is 63.8 Å². The Morgan fingerprint density at radius 1 is 0.750 bits per heavy atom. The predicted molar refractivity (Wildman–Crippen MR) is 146 cm³/mol. The van der Waals surface area contributed by atoms with Crippen LogP contribution in [0.3, 0.4) is 0 Å². The van der Waals surface area contributed by atoms with Crippen LogP contribution in [0.1, 0.15) is 61.2 Å². The van der Waals surface area contributed by atoms with Gasteiger partial charge in [-0.1, -0.05) is 0 Å². The van der Waals surface area contributed by atoms with E-state index in [0.717, 1.165) is 22.7 Å². The van der Waals surface area contributed by atoms with Crippen LogP contribution in [-0.2, 0) is 16.1 Å². The van der Waals surface area contributed by atoms with Crippen molar-refractivity contribution < 1.29 is 43.7 Å². The first kappa shape index (κ1) is 28.6. The van der Waals surface area contributed by atoms with Crippen molar-refractivity contribution in [3.63, 3.8) is 0 Å². The molecule has 3 N–H and O–H groups in total. The normalized spacial score (nSPS) is 10.9. The summed E-state index contributed by atoms with van der Waals surface area (Å²) in [6, 6.07) is 6.50. The number of thiazole rings is 2. The number of hydrogen-bond donors (Lipinski definition) is 3. The fourth-order valence-electron chi connectivity index (χ4n) is 3.79. The van der Waals surface area contributed by atoms with Crippen molar-refractivity contribution in [3.8, 4) is 11.5 Å². The third-order valence-electron chi connectivity index (χ3n) is 5.79. The van der Waals surface area contributed by atoms with E-state index < -0.39 is 23.6 Å². The molecule has 208 valence electrons. The minimum atomic E-state index is -1.08. The van der Waals surface area contributed by atoms with E-state index in [0.29, 0.717) is 31.7 Å². The predicted octanol–water partition coefficient (Wildman–Crippen LogP) is 3.95. The summed E-state index contributed by atoms with van der Waals surface area (Å²) in [5.74, 6) is -2.68. The first-order valence-corrected chi connectivity index (χ1v) is 13.5. The highest BCUT2D eigenvalue weighted by Crippen LogP contribution is 2.32. The molecule has 14 heteroatoms. The molecular formula is C26H23N3O9S2. The first-order chi connectivity index (χ1) is 19.1. The number of ether oxygens (including phenoxy) is 2. The van der Waals surface area contributed by atoms with Crippen LogP contribution in [0, 0.1) is 0 Å². The van der Waals surface area contributed by atoms with Crippen LogP contribution in [0.5, 0.6) is 11.5 Å². The number of carbonyl (C=O) groups excluding carboxylic acids is 3. The number of nitrogens with one attached hydrogen (secondary N) is 1. The van der Waals surface area contributed by atoms with Crippen molar-refractivity contribution in [2.24, 2.45) is 0 Å². The average molecular weight is 586 g/mol. The molecular weight excluding hydrogens is 562 g/mol. The van der Waals surface area contributed by atoms with Gasteiger partial charge in [-0.2, -0.15) is 0 Å². The lowest BCUT2D eigenvalue weighted by atomic mass is 10.1. The van der Waals surface area contributed by atoms with Gasteiger partial charge in [-0.3, -0.25) is 24.0 Å². The van der Waals surface area contributed by atoms with E-state index in [9.17, 15) is 24.0 Å². The molecule has 0 fully saturated rings. The number of carboxylic acid groups (broad SMARTS) is 2. The molecule has 2 aromatic carbocycles. The second-order valence-corrected chi connectivity index (χ2v) is 10.6. The van der Waals surface area contributed by atoms with Gasteiger partial charge in [0.1, 0.15) is 11.5 Å². The molecule has 4 rings (SSSR count). The van der Waals surface area contributed by atoms with E-state index in [1.54, 1.807) is 24.3 Å². The maximum Gasteiger partial charge on any atom is 0.303 e. The van der Waals surface area contributed by atoms with Crippen molar-refractivity contribution in [2.45, 2.75) is 32.2 Å². The summed E-state index contributed by atoms with van der Waals surface area (Å²) in [5, 5.41) is 20.8. The molecule has 2 aromatic heterocycles. The van der Waals surface area contributed by atoms with Gasteiger partial charge < -0.3 is 25.0 Å². The highest BCUT2D eigenvalue weighted by molar-refractivity contribution is 7.20. The average Bonchev–Trinajstić information content (AvgIpc) is 3.55. The van der Waals surface area contributed by atoms with E-state index in [4.69, 9.17) is 19.7 Å². The Labute approximate surface area is 234 Å².